The van der Waals surface area contributed by atoms with E-state index in [-0.39, 0.29) is 29.3 Å². The fourth-order valence-electron chi connectivity index (χ4n) is 1.50. The predicted octanol–water partition coefficient (Wildman–Crippen LogP) is 0.541. The van der Waals surface area contributed by atoms with Gasteiger partial charge in [-0.2, -0.15) is 0 Å². The molecule has 1 unspecified atom stereocenters. The maximum absolute atomic E-state index is 11.7. The molecule has 0 aliphatic rings. The largest absolute Gasteiger partial charge is 0.348 e. The molecule has 1 aromatic rings. The summed E-state index contributed by atoms with van der Waals surface area (Å²) in [5.41, 5.74) is 6.16. The first kappa shape index (κ1) is 18.9. The van der Waals surface area contributed by atoms with Crippen molar-refractivity contribution in [2.24, 2.45) is 5.73 Å². The molecule has 1 rings (SSSR count). The number of amides is 1. The molecule has 0 bridgehead atoms. The molecule has 0 aliphatic carbocycles. The minimum atomic E-state index is -3.49. The number of hydrogen-bond acceptors (Lipinski definition) is 4. The third-order valence-electron chi connectivity index (χ3n) is 2.71. The van der Waals surface area contributed by atoms with Crippen molar-refractivity contribution < 1.29 is 13.2 Å². The first-order valence-corrected chi connectivity index (χ1v) is 7.35. The average Bonchev–Trinajstić information content (AvgIpc) is 2.38. The molecule has 4 N–H and O–H groups in total. The van der Waals surface area contributed by atoms with Gasteiger partial charge in [0.15, 0.2) is 0 Å². The lowest BCUT2D eigenvalue weighted by Gasteiger charge is -2.16. The molecule has 0 fully saturated rings. The topological polar surface area (TPSA) is 101 Å². The second-order valence-electron chi connectivity index (χ2n) is 4.30. The minimum absolute atomic E-state index is 0. The van der Waals surface area contributed by atoms with Crippen molar-refractivity contribution in [3.05, 3.63) is 29.8 Å². The van der Waals surface area contributed by atoms with Gasteiger partial charge in [0.05, 0.1) is 17.0 Å². The second kappa shape index (κ2) is 7.58. The Kier molecular flexibility index (Phi) is 7.15. The maximum atomic E-state index is 11.7. The SMILES string of the molecule is CNS(=O)(=O)c1cccc(C(C)NC(=O)[C@@H](C)N)c1.Cl. The second-order valence-corrected chi connectivity index (χ2v) is 6.19. The van der Waals surface area contributed by atoms with Crippen LogP contribution in [0.25, 0.3) is 0 Å². The Hall–Kier alpha value is -1.15. The van der Waals surface area contributed by atoms with Crippen LogP contribution in [0.1, 0.15) is 25.5 Å². The zero-order valence-electron chi connectivity index (χ0n) is 11.6. The van der Waals surface area contributed by atoms with E-state index >= 15 is 0 Å². The highest BCUT2D eigenvalue weighted by Gasteiger charge is 2.16. The Morgan fingerprint density at radius 2 is 1.90 bits per heavy atom. The number of benzene rings is 1. The van der Waals surface area contributed by atoms with E-state index in [4.69, 9.17) is 5.73 Å². The van der Waals surface area contributed by atoms with Crippen molar-refractivity contribution in [3.63, 3.8) is 0 Å². The van der Waals surface area contributed by atoms with E-state index in [0.717, 1.165) is 0 Å². The van der Waals surface area contributed by atoms with Gasteiger partial charge >= 0.3 is 0 Å². The summed E-state index contributed by atoms with van der Waals surface area (Å²) in [5, 5.41) is 2.71. The van der Waals surface area contributed by atoms with Crippen LogP contribution >= 0.6 is 12.4 Å². The number of nitrogens with two attached hydrogens (primary N) is 1. The molecule has 8 heteroatoms. The fourth-order valence-corrected chi connectivity index (χ4v) is 2.28. The molecule has 0 heterocycles. The molecule has 2 atom stereocenters. The van der Waals surface area contributed by atoms with Crippen molar-refractivity contribution in [1.29, 1.82) is 0 Å². The quantitative estimate of drug-likeness (QED) is 0.736. The standard InChI is InChI=1S/C12H19N3O3S.ClH/c1-8(13)12(16)15-9(2)10-5-4-6-11(7-10)19(17,18)14-3;/h4-9,14H,13H2,1-3H3,(H,15,16);1H/t8-,9?;/m1./s1. The van der Waals surface area contributed by atoms with Gasteiger partial charge in [0.25, 0.3) is 0 Å². The highest BCUT2D eigenvalue weighted by atomic mass is 35.5. The lowest BCUT2D eigenvalue weighted by atomic mass is 10.1. The van der Waals surface area contributed by atoms with Crippen molar-refractivity contribution >= 4 is 28.3 Å². The summed E-state index contributed by atoms with van der Waals surface area (Å²) in [6.45, 7) is 3.36. The molecule has 0 saturated heterocycles. The highest BCUT2D eigenvalue weighted by molar-refractivity contribution is 7.89. The number of carbonyl (C=O) groups is 1. The Bertz CT molecular complexity index is 561. The molecular weight excluding hydrogens is 302 g/mol. The van der Waals surface area contributed by atoms with E-state index in [1.807, 2.05) is 0 Å². The van der Waals surface area contributed by atoms with Gasteiger partial charge in [0.2, 0.25) is 15.9 Å². The third-order valence-corrected chi connectivity index (χ3v) is 4.12. The lowest BCUT2D eigenvalue weighted by molar-refractivity contribution is -0.122. The molecule has 6 nitrogen and oxygen atoms in total. The molecule has 0 aromatic heterocycles. The minimum Gasteiger partial charge on any atom is -0.348 e. The number of sulfonamides is 1. The van der Waals surface area contributed by atoms with E-state index in [1.54, 1.807) is 26.0 Å². The monoisotopic (exact) mass is 321 g/mol. The van der Waals surface area contributed by atoms with E-state index < -0.39 is 16.1 Å². The lowest BCUT2D eigenvalue weighted by Crippen LogP contribution is -2.39. The third kappa shape index (κ3) is 4.75. The molecule has 0 saturated carbocycles. The average molecular weight is 322 g/mol. The van der Waals surface area contributed by atoms with Gasteiger partial charge in [-0.1, -0.05) is 12.1 Å². The van der Waals surface area contributed by atoms with Crippen LogP contribution in [0.3, 0.4) is 0 Å². The van der Waals surface area contributed by atoms with Crippen molar-refractivity contribution in [2.45, 2.75) is 30.8 Å². The van der Waals surface area contributed by atoms with Gasteiger partial charge in [0.1, 0.15) is 0 Å². The van der Waals surface area contributed by atoms with E-state index in [0.29, 0.717) is 5.56 Å². The number of nitrogens with one attached hydrogen (secondary N) is 2. The van der Waals surface area contributed by atoms with Crippen LogP contribution in [-0.4, -0.2) is 27.4 Å². The van der Waals surface area contributed by atoms with Crippen LogP contribution in [0.4, 0.5) is 0 Å². The van der Waals surface area contributed by atoms with E-state index in [9.17, 15) is 13.2 Å². The molecule has 1 aromatic carbocycles. The molecule has 0 radical (unpaired) electrons. The molecule has 1 amide bonds. The molecule has 0 spiro atoms. The van der Waals surface area contributed by atoms with Crippen LogP contribution in [0, 0.1) is 0 Å². The first-order chi connectivity index (χ1) is 8.77. The fraction of sp³-hybridized carbons (Fsp3) is 0.417. The molecule has 20 heavy (non-hydrogen) atoms. The van der Waals surface area contributed by atoms with Crippen molar-refractivity contribution in [2.75, 3.05) is 7.05 Å². The van der Waals surface area contributed by atoms with Crippen LogP contribution < -0.4 is 15.8 Å². The first-order valence-electron chi connectivity index (χ1n) is 5.87. The summed E-state index contributed by atoms with van der Waals surface area (Å²) in [6.07, 6.45) is 0. The van der Waals surface area contributed by atoms with E-state index in [2.05, 4.69) is 10.0 Å². The number of rotatable bonds is 5. The summed E-state index contributed by atoms with van der Waals surface area (Å²) in [4.78, 5) is 11.7. The zero-order valence-corrected chi connectivity index (χ0v) is 13.2. The zero-order chi connectivity index (χ0) is 14.6. The van der Waals surface area contributed by atoms with Crippen LogP contribution in [0.2, 0.25) is 0 Å². The number of carbonyl (C=O) groups excluding carboxylic acids is 1. The number of halogens is 1. The predicted molar refractivity (Wildman–Crippen MR) is 80.1 cm³/mol. The normalized spacial score (nSPS) is 14.0. The molecule has 114 valence electrons. The van der Waals surface area contributed by atoms with Gasteiger partial charge in [0, 0.05) is 0 Å². The number of hydrogen-bond donors (Lipinski definition) is 3. The Balaban J connectivity index is 0.00000361. The van der Waals surface area contributed by atoms with Gasteiger partial charge < -0.3 is 11.1 Å². The van der Waals surface area contributed by atoms with Gasteiger partial charge in [-0.3, -0.25) is 4.79 Å². The van der Waals surface area contributed by atoms with Gasteiger partial charge in [-0.05, 0) is 38.6 Å². The Morgan fingerprint density at radius 3 is 2.40 bits per heavy atom. The smallest absolute Gasteiger partial charge is 0.240 e. The Labute approximate surface area is 125 Å². The summed E-state index contributed by atoms with van der Waals surface area (Å²) >= 11 is 0. The highest BCUT2D eigenvalue weighted by Crippen LogP contribution is 2.17. The van der Waals surface area contributed by atoms with E-state index in [1.165, 1.54) is 19.2 Å². The summed E-state index contributed by atoms with van der Waals surface area (Å²) in [7, 11) is -2.14. The molecular formula is C12H20ClN3O3S. The summed E-state index contributed by atoms with van der Waals surface area (Å²) in [5.74, 6) is -0.283. The Morgan fingerprint density at radius 1 is 1.30 bits per heavy atom. The summed E-state index contributed by atoms with van der Waals surface area (Å²) < 4.78 is 25.6. The van der Waals surface area contributed by atoms with Gasteiger partial charge in [-0.25, -0.2) is 13.1 Å². The van der Waals surface area contributed by atoms with Crippen LogP contribution in [0.5, 0.6) is 0 Å². The van der Waals surface area contributed by atoms with Crippen LogP contribution in [0.15, 0.2) is 29.2 Å². The molecule has 0 aliphatic heterocycles. The van der Waals surface area contributed by atoms with Crippen molar-refractivity contribution in [1.82, 2.24) is 10.0 Å². The van der Waals surface area contributed by atoms with Crippen LogP contribution in [-0.2, 0) is 14.8 Å². The van der Waals surface area contributed by atoms with Crippen molar-refractivity contribution in [3.8, 4) is 0 Å². The summed E-state index contributed by atoms with van der Waals surface area (Å²) in [6, 6.07) is 5.49. The van der Waals surface area contributed by atoms with Gasteiger partial charge in [-0.15, -0.1) is 12.4 Å². The maximum Gasteiger partial charge on any atom is 0.240 e.